The van der Waals surface area contributed by atoms with E-state index in [4.69, 9.17) is 9.84 Å². The van der Waals surface area contributed by atoms with Gasteiger partial charge in [0.1, 0.15) is 0 Å². The largest absolute Gasteiger partial charge is 0.481 e. The molecule has 2 aliphatic rings. The van der Waals surface area contributed by atoms with Crippen molar-refractivity contribution >= 4 is 21.9 Å². The van der Waals surface area contributed by atoms with E-state index in [-0.39, 0.29) is 49.2 Å². The van der Waals surface area contributed by atoms with Gasteiger partial charge in [-0.05, 0) is 44.4 Å². The van der Waals surface area contributed by atoms with E-state index >= 15 is 0 Å². The first-order chi connectivity index (χ1) is 14.8. The lowest BCUT2D eigenvalue weighted by atomic mass is 9.77. The van der Waals surface area contributed by atoms with E-state index < -0.39 is 16.0 Å². The smallest absolute Gasteiger partial charge is 0.303 e. The van der Waals surface area contributed by atoms with Crippen LogP contribution in [0.25, 0.3) is 0 Å². The Labute approximate surface area is 186 Å². The molecule has 2 fully saturated rings. The molecular formula is C22H38N2O6S. The first-order valence-corrected chi connectivity index (χ1v) is 13.2. The van der Waals surface area contributed by atoms with Gasteiger partial charge in [-0.3, -0.25) is 9.59 Å². The number of carbonyl (C=O) groups excluding carboxylic acids is 1. The van der Waals surface area contributed by atoms with Gasteiger partial charge in [0.15, 0.2) is 0 Å². The van der Waals surface area contributed by atoms with Gasteiger partial charge < -0.3 is 15.2 Å². The number of rotatable bonds is 16. The summed E-state index contributed by atoms with van der Waals surface area (Å²) in [5, 5.41) is 11.6. The van der Waals surface area contributed by atoms with Gasteiger partial charge in [0.05, 0.1) is 18.0 Å². The summed E-state index contributed by atoms with van der Waals surface area (Å²) in [5.41, 5.74) is 0. The predicted molar refractivity (Wildman–Crippen MR) is 119 cm³/mol. The van der Waals surface area contributed by atoms with Crippen LogP contribution in [0, 0.1) is 11.8 Å². The molecular weight excluding hydrogens is 420 g/mol. The molecule has 0 saturated carbocycles. The van der Waals surface area contributed by atoms with Crippen molar-refractivity contribution in [2.24, 2.45) is 11.8 Å². The standard InChI is InChI=1S/C22H38N2O6S/c1-2-3-8-15-31(28,29)24-14-13-21(25)23-16-18-17(19-11-12-20(18)30-19)9-6-4-5-7-10-22(26)27/h4,6,17-20,24H,2-3,5,7-16H2,1H3,(H,23,25)(H,26,27)/t17-,18+,19-,20+/m1/s1. The summed E-state index contributed by atoms with van der Waals surface area (Å²) < 4.78 is 32.3. The molecule has 3 N–H and O–H groups in total. The predicted octanol–water partition coefficient (Wildman–Crippen LogP) is 2.60. The summed E-state index contributed by atoms with van der Waals surface area (Å²) in [4.78, 5) is 22.8. The van der Waals surface area contributed by atoms with Gasteiger partial charge in [-0.2, -0.15) is 0 Å². The van der Waals surface area contributed by atoms with Gasteiger partial charge in [0.2, 0.25) is 15.9 Å². The molecule has 31 heavy (non-hydrogen) atoms. The lowest BCUT2D eigenvalue weighted by molar-refractivity contribution is -0.137. The molecule has 0 aromatic carbocycles. The number of ether oxygens (including phenoxy) is 1. The molecule has 0 radical (unpaired) electrons. The molecule has 9 heteroatoms. The Kier molecular flexibility index (Phi) is 11.0. The van der Waals surface area contributed by atoms with Crippen LogP contribution in [0.3, 0.4) is 0 Å². The summed E-state index contributed by atoms with van der Waals surface area (Å²) in [6.45, 7) is 2.69. The number of unbranched alkanes of at least 4 members (excludes halogenated alkanes) is 3. The monoisotopic (exact) mass is 458 g/mol. The van der Waals surface area contributed by atoms with Crippen LogP contribution in [-0.4, -0.2) is 56.5 Å². The quantitative estimate of drug-likeness (QED) is 0.241. The minimum absolute atomic E-state index is 0.108. The van der Waals surface area contributed by atoms with Gasteiger partial charge in [-0.25, -0.2) is 13.1 Å². The van der Waals surface area contributed by atoms with Crippen molar-refractivity contribution in [1.29, 1.82) is 0 Å². The van der Waals surface area contributed by atoms with E-state index in [1.807, 2.05) is 13.0 Å². The Morgan fingerprint density at radius 1 is 1.06 bits per heavy atom. The summed E-state index contributed by atoms with van der Waals surface area (Å²) in [6.07, 6.45) is 11.7. The third-order valence-electron chi connectivity index (χ3n) is 6.15. The molecule has 2 saturated heterocycles. The molecule has 0 unspecified atom stereocenters. The van der Waals surface area contributed by atoms with Crippen molar-refractivity contribution in [3.8, 4) is 0 Å². The number of carboxylic acids is 1. The summed E-state index contributed by atoms with van der Waals surface area (Å²) >= 11 is 0. The van der Waals surface area contributed by atoms with Gasteiger partial charge in [0, 0.05) is 31.8 Å². The maximum Gasteiger partial charge on any atom is 0.303 e. The van der Waals surface area contributed by atoms with E-state index in [0.29, 0.717) is 25.3 Å². The Morgan fingerprint density at radius 3 is 2.52 bits per heavy atom. The number of carboxylic acid groups (broad SMARTS) is 1. The average molecular weight is 459 g/mol. The number of hydrogen-bond acceptors (Lipinski definition) is 5. The van der Waals surface area contributed by atoms with Gasteiger partial charge >= 0.3 is 5.97 Å². The molecule has 0 aromatic heterocycles. The number of carbonyl (C=O) groups is 2. The normalized spacial score (nSPS) is 25.3. The second kappa shape index (κ2) is 13.2. The Bertz CT molecular complexity index is 709. The fourth-order valence-corrected chi connectivity index (χ4v) is 5.62. The third kappa shape index (κ3) is 9.29. The second-order valence-corrected chi connectivity index (χ2v) is 10.5. The van der Waals surface area contributed by atoms with Crippen LogP contribution in [0.4, 0.5) is 0 Å². The van der Waals surface area contributed by atoms with E-state index in [2.05, 4.69) is 16.1 Å². The summed E-state index contributed by atoms with van der Waals surface area (Å²) in [7, 11) is -3.31. The number of sulfonamides is 1. The fraction of sp³-hybridized carbons (Fsp3) is 0.818. The van der Waals surface area contributed by atoms with E-state index in [0.717, 1.165) is 38.5 Å². The molecule has 2 aliphatic heterocycles. The molecule has 4 atom stereocenters. The Hall–Kier alpha value is -1.45. The number of aliphatic carboxylic acids is 1. The minimum atomic E-state index is -3.31. The van der Waals surface area contributed by atoms with Crippen LogP contribution < -0.4 is 10.0 Å². The molecule has 8 nitrogen and oxygen atoms in total. The molecule has 2 heterocycles. The molecule has 1 amide bonds. The first-order valence-electron chi connectivity index (χ1n) is 11.6. The van der Waals surface area contributed by atoms with E-state index in [1.54, 1.807) is 0 Å². The zero-order valence-electron chi connectivity index (χ0n) is 18.6. The van der Waals surface area contributed by atoms with Crippen molar-refractivity contribution in [3.05, 3.63) is 12.2 Å². The number of hydrogen-bond donors (Lipinski definition) is 3. The Morgan fingerprint density at radius 2 is 1.81 bits per heavy atom. The van der Waals surface area contributed by atoms with Crippen LogP contribution in [0.5, 0.6) is 0 Å². The van der Waals surface area contributed by atoms with Crippen LogP contribution in [-0.2, 0) is 24.3 Å². The molecule has 2 bridgehead atoms. The summed E-state index contributed by atoms with van der Waals surface area (Å²) in [6, 6.07) is 0. The average Bonchev–Trinajstić information content (AvgIpc) is 3.30. The number of amides is 1. The molecule has 0 spiro atoms. The maximum absolute atomic E-state index is 12.2. The highest BCUT2D eigenvalue weighted by Crippen LogP contribution is 2.44. The highest BCUT2D eigenvalue weighted by molar-refractivity contribution is 7.89. The zero-order valence-corrected chi connectivity index (χ0v) is 19.4. The van der Waals surface area contributed by atoms with E-state index in [1.165, 1.54) is 0 Å². The topological polar surface area (TPSA) is 122 Å². The van der Waals surface area contributed by atoms with Crippen LogP contribution in [0.15, 0.2) is 12.2 Å². The molecule has 178 valence electrons. The van der Waals surface area contributed by atoms with Crippen LogP contribution in [0.2, 0.25) is 0 Å². The van der Waals surface area contributed by atoms with Gasteiger partial charge in [-0.15, -0.1) is 0 Å². The maximum atomic E-state index is 12.2. The highest BCUT2D eigenvalue weighted by atomic mass is 32.2. The minimum Gasteiger partial charge on any atom is -0.481 e. The summed E-state index contributed by atoms with van der Waals surface area (Å²) in [5.74, 6) is -0.197. The Balaban J connectivity index is 1.68. The van der Waals surface area contributed by atoms with E-state index in [9.17, 15) is 18.0 Å². The van der Waals surface area contributed by atoms with Crippen molar-refractivity contribution in [1.82, 2.24) is 10.0 Å². The number of nitrogens with one attached hydrogen (secondary N) is 2. The lowest BCUT2D eigenvalue weighted by Crippen LogP contribution is -2.39. The molecule has 0 aliphatic carbocycles. The zero-order chi connectivity index (χ0) is 22.7. The fourth-order valence-electron chi connectivity index (χ4n) is 4.48. The van der Waals surface area contributed by atoms with Crippen molar-refractivity contribution in [2.45, 2.75) is 83.3 Å². The van der Waals surface area contributed by atoms with Gasteiger partial charge in [-0.1, -0.05) is 31.9 Å². The number of fused-ring (bicyclic) bond motifs is 2. The van der Waals surface area contributed by atoms with Crippen LogP contribution in [0.1, 0.15) is 71.1 Å². The first kappa shape index (κ1) is 25.8. The molecule has 0 aromatic rings. The van der Waals surface area contributed by atoms with Crippen molar-refractivity contribution in [2.75, 3.05) is 18.8 Å². The third-order valence-corrected chi connectivity index (χ3v) is 7.62. The van der Waals surface area contributed by atoms with Gasteiger partial charge in [0.25, 0.3) is 0 Å². The highest BCUT2D eigenvalue weighted by Gasteiger charge is 2.47. The van der Waals surface area contributed by atoms with Crippen LogP contribution >= 0.6 is 0 Å². The second-order valence-electron chi connectivity index (χ2n) is 8.59. The van der Waals surface area contributed by atoms with Crippen molar-refractivity contribution < 1.29 is 27.9 Å². The van der Waals surface area contributed by atoms with Crippen molar-refractivity contribution in [3.63, 3.8) is 0 Å². The molecule has 2 rings (SSSR count). The lowest BCUT2D eigenvalue weighted by Gasteiger charge is -2.27. The SMILES string of the molecule is CCCCCS(=O)(=O)NCCC(=O)NC[C@H]1[C@@H](CC=CCCCC(=O)O)[C@H]2CC[C@@H]1O2. The number of allylic oxidation sites excluding steroid dienone is 2.